The lowest BCUT2D eigenvalue weighted by Crippen LogP contribution is -2.63. The summed E-state index contributed by atoms with van der Waals surface area (Å²) in [6.45, 7) is 13.9. The van der Waals surface area contributed by atoms with E-state index >= 15 is 0 Å². The highest BCUT2D eigenvalue weighted by molar-refractivity contribution is 8.00. The summed E-state index contributed by atoms with van der Waals surface area (Å²) in [4.78, 5) is 120. The quantitative estimate of drug-likeness (QED) is 0.0276. The van der Waals surface area contributed by atoms with Crippen LogP contribution in [0.2, 0.25) is 5.02 Å². The molecule has 0 saturated carbocycles. The molecule has 4 bridgehead atoms. The van der Waals surface area contributed by atoms with E-state index in [-0.39, 0.29) is 95.2 Å². The van der Waals surface area contributed by atoms with Crippen LogP contribution < -0.4 is 30.9 Å². The summed E-state index contributed by atoms with van der Waals surface area (Å²) >= 11 is 7.96. The van der Waals surface area contributed by atoms with Gasteiger partial charge in [0.25, 0.3) is 0 Å². The van der Waals surface area contributed by atoms with E-state index in [1.807, 2.05) is 13.0 Å². The van der Waals surface area contributed by atoms with Gasteiger partial charge in [0.1, 0.15) is 47.3 Å². The number of imide groups is 1. The van der Waals surface area contributed by atoms with Gasteiger partial charge in [0.15, 0.2) is 5.72 Å². The Bertz CT molecular complexity index is 2600. The highest BCUT2D eigenvalue weighted by Gasteiger charge is 2.64. The van der Waals surface area contributed by atoms with E-state index < -0.39 is 113 Å². The van der Waals surface area contributed by atoms with Crippen LogP contribution in [-0.2, 0) is 77.9 Å². The number of epoxide rings is 1. The van der Waals surface area contributed by atoms with Crippen LogP contribution in [-0.4, -0.2) is 215 Å². The maximum atomic E-state index is 14.4. The molecule has 1 aromatic rings. The predicted molar refractivity (Wildman–Crippen MR) is 304 cm³/mol. The number of likely N-dealkylation sites (N-methyl/N-ethyl adjacent to an activating group) is 1. The zero-order valence-electron chi connectivity index (χ0n) is 48.2. The molecule has 4 heterocycles. The number of hydrogen-bond acceptors (Lipinski definition) is 19. The second kappa shape index (κ2) is 31.5. The molecule has 8 amide bonds. The number of thioether (sulfide) groups is 1. The van der Waals surface area contributed by atoms with Crippen molar-refractivity contribution in [1.29, 1.82) is 0 Å². The summed E-state index contributed by atoms with van der Waals surface area (Å²) in [5.74, 6) is -4.11. The maximum absolute atomic E-state index is 14.4. The van der Waals surface area contributed by atoms with Crippen LogP contribution in [0.15, 0.2) is 61.2 Å². The molecule has 25 nitrogen and oxygen atoms in total. The maximum Gasteiger partial charge on any atom is 0.409 e. The van der Waals surface area contributed by atoms with Gasteiger partial charge in [0, 0.05) is 71.8 Å². The highest BCUT2D eigenvalue weighted by atomic mass is 35.5. The Balaban J connectivity index is 1.11. The van der Waals surface area contributed by atoms with E-state index in [0.717, 1.165) is 40.0 Å². The monoisotopic (exact) mass is 1200 g/mol. The minimum absolute atomic E-state index is 0.00292. The normalized spacial score (nSPS) is 25.8. The van der Waals surface area contributed by atoms with E-state index in [1.165, 1.54) is 45.0 Å². The number of likely N-dealkylation sites (tertiary alicyclic amines) is 1. The Kier molecular flexibility index (Phi) is 25.6. The summed E-state index contributed by atoms with van der Waals surface area (Å²) in [5, 5.41) is 21.5. The number of nitrogens with one attached hydrogen (secondary N) is 4. The predicted octanol–water partition coefficient (Wildman–Crippen LogP) is 1.90. The first-order valence-corrected chi connectivity index (χ1v) is 28.5. The fourth-order valence-corrected chi connectivity index (χ4v) is 10.9. The standard InChI is InChI=1S/C56H78ClN7O18S/c1-11-44(65)59-30-37(31-60-45(66)12-2)79-32-46(67)58-17-19-77-21-22-78-20-18-64-49(70)27-41(52(64)71)83-23-16-47(68)62(7)35(5)53(72)81-43-28-48(69)63(8)38-25-36(26-39(75-9)50(38)57)24-33(3)14-13-15-42(76-10)56(74)29-40(80-54(73)61-56)34(4)51-55(43,6)82-51/h11-15,25-26,34-35,37,40-43,51,74H,1-2,16-24,27-32H2,3-10H3,(H,58,67)(H,59,65)(H,60,66)(H,61,73)/b15-13+,33-14+/t34-,35+,40+,41?,42-,43+,51+,55+,56?/m1/s1. The molecule has 27 heteroatoms. The molecule has 2 unspecified atom stereocenters. The molecule has 5 rings (SSSR count). The van der Waals surface area contributed by atoms with Crippen LogP contribution >= 0.6 is 23.4 Å². The van der Waals surface area contributed by atoms with Crippen LogP contribution in [0.3, 0.4) is 0 Å². The third kappa shape index (κ3) is 18.8. The second-order valence-corrected chi connectivity index (χ2v) is 22.2. The first kappa shape index (κ1) is 67.4. The number of benzene rings is 1. The Morgan fingerprint density at radius 2 is 1.67 bits per heavy atom. The molecular weight excluding hydrogens is 1130 g/mol. The molecule has 3 saturated heterocycles. The number of hydrogen-bond donors (Lipinski definition) is 5. The molecule has 458 valence electrons. The third-order valence-corrected chi connectivity index (χ3v) is 16.2. The van der Waals surface area contributed by atoms with Gasteiger partial charge in [-0.25, -0.2) is 9.59 Å². The molecule has 4 aliphatic rings. The van der Waals surface area contributed by atoms with Crippen molar-refractivity contribution in [3.8, 4) is 5.75 Å². The summed E-state index contributed by atoms with van der Waals surface area (Å²) in [5.41, 5.74) is -1.26. The van der Waals surface area contributed by atoms with Gasteiger partial charge in [-0.15, -0.1) is 11.8 Å². The number of carbonyl (C=O) groups excluding carboxylic acids is 9. The van der Waals surface area contributed by atoms with E-state index in [4.69, 9.17) is 49.5 Å². The number of halogens is 1. The van der Waals surface area contributed by atoms with Crippen molar-refractivity contribution in [3.05, 3.63) is 71.8 Å². The largest absolute Gasteiger partial charge is 0.495 e. The lowest BCUT2D eigenvalue weighted by Gasteiger charge is -2.42. The summed E-state index contributed by atoms with van der Waals surface area (Å²) < 4.78 is 46.0. The minimum Gasteiger partial charge on any atom is -0.495 e. The smallest absolute Gasteiger partial charge is 0.409 e. The molecule has 4 aliphatic heterocycles. The fourth-order valence-electron chi connectivity index (χ4n) is 9.45. The van der Waals surface area contributed by atoms with Crippen LogP contribution in [0.25, 0.3) is 0 Å². The molecule has 3 fully saturated rings. The number of nitrogens with zero attached hydrogens (tertiary/aromatic N) is 3. The van der Waals surface area contributed by atoms with E-state index in [1.54, 1.807) is 38.1 Å². The number of aliphatic hydroxyl groups is 1. The zero-order chi connectivity index (χ0) is 61.2. The summed E-state index contributed by atoms with van der Waals surface area (Å²) in [6.07, 6.45) is 1.52. The summed E-state index contributed by atoms with van der Waals surface area (Å²) in [6, 6.07) is 2.35. The molecule has 0 aliphatic carbocycles. The molecule has 0 radical (unpaired) electrons. The lowest BCUT2D eigenvalue weighted by molar-refractivity contribution is -0.162. The van der Waals surface area contributed by atoms with Crippen molar-refractivity contribution in [3.63, 3.8) is 0 Å². The molecule has 5 N–H and O–H groups in total. The molecule has 0 spiro atoms. The van der Waals surface area contributed by atoms with Crippen LogP contribution in [0.4, 0.5) is 10.5 Å². The Hall–Kier alpha value is -6.39. The van der Waals surface area contributed by atoms with Crippen LogP contribution in [0.5, 0.6) is 5.75 Å². The van der Waals surface area contributed by atoms with E-state index in [2.05, 4.69) is 34.4 Å². The average molecular weight is 1200 g/mol. The number of alkyl carbamates (subject to hydrolysis) is 1. The SMILES string of the molecule is C=CC(=O)NCC(CNC(=O)C=C)OCC(=O)NCCOCCOCCN1C(=O)CC(SCCC(=O)N(C)[C@@H](C)C(=O)O[C@H]2CC(=O)N(C)c3cc(cc(OC)c3Cl)C/C(C)=C/C=C/[C@@H](OC)C3(O)C[C@H](OC(=O)N3)[C@@H](C)[C@@H]3O[C@@]23C)C1=O. The van der Waals surface area contributed by atoms with Gasteiger partial charge in [-0.1, -0.05) is 55.5 Å². The van der Waals surface area contributed by atoms with Crippen LogP contribution in [0, 0.1) is 5.92 Å². The van der Waals surface area contributed by atoms with E-state index in [0.29, 0.717) is 17.9 Å². The third-order valence-electron chi connectivity index (χ3n) is 14.6. The van der Waals surface area contributed by atoms with Gasteiger partial charge in [0.05, 0.1) is 69.6 Å². The molecule has 9 atom stereocenters. The minimum atomic E-state index is -1.90. The number of ether oxygens (including phenoxy) is 8. The average Bonchev–Trinajstić information content (AvgIpc) is 4.23. The topological polar surface area (TPSA) is 309 Å². The number of carbonyl (C=O) groups is 9. The molecule has 0 aromatic heterocycles. The van der Waals surface area contributed by atoms with Crippen LogP contribution in [0.1, 0.15) is 58.9 Å². The Labute approximate surface area is 492 Å². The van der Waals surface area contributed by atoms with Gasteiger partial charge < -0.3 is 68.8 Å². The highest BCUT2D eigenvalue weighted by Crippen LogP contribution is 2.49. The number of anilines is 1. The first-order valence-electron chi connectivity index (χ1n) is 27.0. The van der Waals surface area contributed by atoms with Crippen molar-refractivity contribution in [1.82, 2.24) is 31.1 Å². The van der Waals surface area contributed by atoms with Crippen molar-refractivity contribution in [2.75, 3.05) is 98.2 Å². The molecular formula is C56H78ClN7O18S. The van der Waals surface area contributed by atoms with Crippen molar-refractivity contribution in [2.24, 2.45) is 5.92 Å². The van der Waals surface area contributed by atoms with Gasteiger partial charge in [-0.3, -0.25) is 43.8 Å². The fraction of sp³-hybridized carbons (Fsp3) is 0.589. The Morgan fingerprint density at radius 1 is 1.00 bits per heavy atom. The zero-order valence-corrected chi connectivity index (χ0v) is 49.8. The first-order chi connectivity index (χ1) is 39.4. The number of methoxy groups -OCH3 is 2. The summed E-state index contributed by atoms with van der Waals surface area (Å²) in [7, 11) is 5.82. The number of allylic oxidation sites excluding steroid dienone is 3. The number of amides is 8. The Morgan fingerprint density at radius 3 is 2.33 bits per heavy atom. The van der Waals surface area contributed by atoms with E-state index in [9.17, 15) is 48.3 Å². The van der Waals surface area contributed by atoms with Crippen molar-refractivity contribution in [2.45, 2.75) is 113 Å². The van der Waals surface area contributed by atoms with Gasteiger partial charge in [-0.2, -0.15) is 0 Å². The number of rotatable bonds is 27. The molecule has 83 heavy (non-hydrogen) atoms. The molecule has 1 aromatic carbocycles. The van der Waals surface area contributed by atoms with Crippen molar-refractivity contribution >= 4 is 82.5 Å². The lowest BCUT2D eigenvalue weighted by atomic mass is 9.83. The number of esters is 1. The van der Waals surface area contributed by atoms with Crippen molar-refractivity contribution < 1.29 is 86.2 Å². The van der Waals surface area contributed by atoms with Gasteiger partial charge >= 0.3 is 12.1 Å². The second-order valence-electron chi connectivity index (χ2n) is 20.5. The number of fused-ring (bicyclic) bond motifs is 5. The van der Waals surface area contributed by atoms with Gasteiger partial charge in [-0.05, 0) is 57.0 Å². The van der Waals surface area contributed by atoms with Gasteiger partial charge in [0.2, 0.25) is 41.4 Å².